The van der Waals surface area contributed by atoms with E-state index in [0.717, 1.165) is 0 Å². The van der Waals surface area contributed by atoms with Gasteiger partial charge in [-0.2, -0.15) is 4.98 Å². The molecule has 2 aromatic rings. The summed E-state index contributed by atoms with van der Waals surface area (Å²) in [7, 11) is 0. The molecule has 2 rings (SSSR count). The van der Waals surface area contributed by atoms with E-state index in [0.29, 0.717) is 11.6 Å². The Morgan fingerprint density at radius 1 is 1.35 bits per heavy atom. The number of benzene rings is 1. The van der Waals surface area contributed by atoms with E-state index in [1.165, 1.54) is 12.1 Å². The highest BCUT2D eigenvalue weighted by Crippen LogP contribution is 2.35. The summed E-state index contributed by atoms with van der Waals surface area (Å²) in [5.74, 6) is -3.49. The number of ether oxygens (including phenoxy) is 1. The van der Waals surface area contributed by atoms with Crippen LogP contribution in [0.3, 0.4) is 0 Å². The zero-order valence-electron chi connectivity index (χ0n) is 10.3. The molecule has 0 unspecified atom stereocenters. The van der Waals surface area contributed by atoms with Crippen molar-refractivity contribution >= 4 is 11.5 Å². The number of hydrogen-bond acceptors (Lipinski definition) is 5. The van der Waals surface area contributed by atoms with Crippen LogP contribution in [0.25, 0.3) is 0 Å². The van der Waals surface area contributed by atoms with Gasteiger partial charge in [-0.05, 0) is 12.5 Å². The van der Waals surface area contributed by atoms with Crippen molar-refractivity contribution in [2.45, 2.75) is 6.92 Å². The highest BCUT2D eigenvalue weighted by Gasteiger charge is 2.21. The van der Waals surface area contributed by atoms with Crippen molar-refractivity contribution < 1.29 is 18.4 Å². The Bertz CT molecular complexity index is 692. The van der Waals surface area contributed by atoms with Gasteiger partial charge in [-0.1, -0.05) is 12.1 Å². The third-order valence-electron chi connectivity index (χ3n) is 2.51. The number of rotatable bonds is 3. The van der Waals surface area contributed by atoms with Crippen LogP contribution in [0.2, 0.25) is 0 Å². The summed E-state index contributed by atoms with van der Waals surface area (Å²) in [4.78, 5) is 13.6. The molecule has 104 valence electrons. The molecule has 0 amide bonds. The van der Waals surface area contributed by atoms with Gasteiger partial charge in [0.1, 0.15) is 0 Å². The number of nitro benzene ring substituents is 1. The lowest BCUT2D eigenvalue weighted by Crippen LogP contribution is -2.02. The van der Waals surface area contributed by atoms with Crippen molar-refractivity contribution in [3.8, 4) is 11.6 Å². The molecule has 0 aliphatic rings. The normalized spacial score (nSPS) is 10.3. The van der Waals surface area contributed by atoms with Gasteiger partial charge in [-0.25, -0.2) is 8.78 Å². The molecule has 0 aliphatic carbocycles. The van der Waals surface area contributed by atoms with Crippen LogP contribution in [0.15, 0.2) is 24.3 Å². The average Bonchev–Trinajstić information content (AvgIpc) is 2.37. The number of pyridine rings is 1. The number of nitrogen functional groups attached to an aromatic ring is 1. The van der Waals surface area contributed by atoms with Crippen LogP contribution in [-0.2, 0) is 0 Å². The molecule has 0 fully saturated rings. The molecule has 0 saturated carbocycles. The molecule has 6 nitrogen and oxygen atoms in total. The van der Waals surface area contributed by atoms with Crippen LogP contribution in [0, 0.1) is 28.7 Å². The third-order valence-corrected chi connectivity index (χ3v) is 2.51. The molecule has 1 aromatic carbocycles. The Kier molecular flexibility index (Phi) is 3.47. The molecule has 0 spiro atoms. The van der Waals surface area contributed by atoms with Crippen LogP contribution in [0.5, 0.6) is 11.6 Å². The zero-order valence-corrected chi connectivity index (χ0v) is 10.3. The zero-order chi connectivity index (χ0) is 14.9. The second-order valence-corrected chi connectivity index (χ2v) is 3.92. The number of nitro groups is 1. The lowest BCUT2D eigenvalue weighted by Gasteiger charge is -2.09. The fourth-order valence-electron chi connectivity index (χ4n) is 1.54. The lowest BCUT2D eigenvalue weighted by molar-refractivity contribution is -0.385. The van der Waals surface area contributed by atoms with Gasteiger partial charge in [0.15, 0.2) is 17.5 Å². The van der Waals surface area contributed by atoms with Gasteiger partial charge in [0.25, 0.3) is 5.88 Å². The number of nitrogens with zero attached hydrogens (tertiary/aromatic N) is 2. The molecule has 0 aliphatic heterocycles. The predicted molar refractivity (Wildman–Crippen MR) is 66.5 cm³/mol. The molecule has 0 bridgehead atoms. The molecule has 0 radical (unpaired) electrons. The monoisotopic (exact) mass is 281 g/mol. The van der Waals surface area contributed by atoms with E-state index in [-0.39, 0.29) is 11.4 Å². The van der Waals surface area contributed by atoms with Gasteiger partial charge in [-0.15, -0.1) is 0 Å². The predicted octanol–water partition coefficient (Wildman–Crippen LogP) is 2.95. The standard InChI is InChI=1S/C12H9F2N3O3/c1-6-3-2-4-9(17(18)19)10(6)20-12-8(14)5-7(13)11(15)16-12/h2-5H,1H3,(H2,15,16). The van der Waals surface area contributed by atoms with Gasteiger partial charge < -0.3 is 10.5 Å². The number of para-hydroxylation sites is 1. The quantitative estimate of drug-likeness (QED) is 0.689. The Morgan fingerprint density at radius 3 is 2.70 bits per heavy atom. The first-order valence-electron chi connectivity index (χ1n) is 5.43. The highest BCUT2D eigenvalue weighted by molar-refractivity contribution is 5.53. The first-order chi connectivity index (χ1) is 9.40. The van der Waals surface area contributed by atoms with Crippen LogP contribution in [0.1, 0.15) is 5.56 Å². The molecule has 0 atom stereocenters. The van der Waals surface area contributed by atoms with Crippen molar-refractivity contribution in [1.29, 1.82) is 0 Å². The minimum atomic E-state index is -1.10. The summed E-state index contributed by atoms with van der Waals surface area (Å²) >= 11 is 0. The minimum absolute atomic E-state index is 0.171. The number of anilines is 1. The minimum Gasteiger partial charge on any atom is -0.429 e. The Hall–Kier alpha value is -2.77. The van der Waals surface area contributed by atoms with E-state index in [2.05, 4.69) is 4.98 Å². The van der Waals surface area contributed by atoms with Crippen molar-refractivity contribution in [3.63, 3.8) is 0 Å². The molecular weight excluding hydrogens is 272 g/mol. The van der Waals surface area contributed by atoms with Crippen molar-refractivity contribution in [1.82, 2.24) is 4.98 Å². The van der Waals surface area contributed by atoms with E-state index in [1.54, 1.807) is 13.0 Å². The molecule has 1 aromatic heterocycles. The fraction of sp³-hybridized carbons (Fsp3) is 0.0833. The number of aryl methyl sites for hydroxylation is 1. The molecular formula is C12H9F2N3O3. The van der Waals surface area contributed by atoms with Crippen LogP contribution < -0.4 is 10.5 Å². The van der Waals surface area contributed by atoms with Gasteiger partial charge in [0, 0.05) is 12.1 Å². The van der Waals surface area contributed by atoms with E-state index in [4.69, 9.17) is 10.5 Å². The van der Waals surface area contributed by atoms with Crippen LogP contribution >= 0.6 is 0 Å². The van der Waals surface area contributed by atoms with Crippen LogP contribution in [-0.4, -0.2) is 9.91 Å². The maximum atomic E-state index is 13.5. The molecule has 1 heterocycles. The SMILES string of the molecule is Cc1cccc([N+](=O)[O-])c1Oc1nc(N)c(F)cc1F. The maximum Gasteiger partial charge on any atom is 0.311 e. The Balaban J connectivity index is 2.50. The largest absolute Gasteiger partial charge is 0.429 e. The van der Waals surface area contributed by atoms with E-state index in [1.807, 2.05) is 0 Å². The van der Waals surface area contributed by atoms with Crippen molar-refractivity contribution in [2.75, 3.05) is 5.73 Å². The van der Waals surface area contributed by atoms with E-state index < -0.39 is 28.3 Å². The van der Waals surface area contributed by atoms with Gasteiger partial charge in [-0.3, -0.25) is 10.1 Å². The summed E-state index contributed by atoms with van der Waals surface area (Å²) in [6, 6.07) is 4.71. The number of hydrogen-bond donors (Lipinski definition) is 1. The second kappa shape index (κ2) is 5.08. The van der Waals surface area contributed by atoms with E-state index in [9.17, 15) is 18.9 Å². The summed E-state index contributed by atoms with van der Waals surface area (Å²) in [5, 5.41) is 10.9. The summed E-state index contributed by atoms with van der Waals surface area (Å²) in [6.45, 7) is 1.55. The van der Waals surface area contributed by atoms with Crippen LogP contribution in [0.4, 0.5) is 20.3 Å². The molecule has 20 heavy (non-hydrogen) atoms. The summed E-state index contributed by atoms with van der Waals surface area (Å²) in [6.07, 6.45) is 0. The average molecular weight is 281 g/mol. The first kappa shape index (κ1) is 13.7. The van der Waals surface area contributed by atoms with Gasteiger partial charge in [0.05, 0.1) is 4.92 Å². The molecule has 8 heteroatoms. The second-order valence-electron chi connectivity index (χ2n) is 3.92. The summed E-state index contributed by atoms with van der Waals surface area (Å²) < 4.78 is 31.6. The number of nitrogens with two attached hydrogens (primary N) is 1. The maximum absolute atomic E-state index is 13.5. The van der Waals surface area contributed by atoms with E-state index >= 15 is 0 Å². The number of halogens is 2. The van der Waals surface area contributed by atoms with Crippen molar-refractivity contribution in [3.05, 3.63) is 51.6 Å². The topological polar surface area (TPSA) is 91.3 Å². The molecule has 0 saturated heterocycles. The van der Waals surface area contributed by atoms with Gasteiger partial charge in [0.2, 0.25) is 5.75 Å². The smallest absolute Gasteiger partial charge is 0.311 e. The molecule has 2 N–H and O–H groups in total. The number of aromatic nitrogens is 1. The summed E-state index contributed by atoms with van der Waals surface area (Å²) in [5.41, 5.74) is 5.27. The first-order valence-corrected chi connectivity index (χ1v) is 5.43. The lowest BCUT2D eigenvalue weighted by atomic mass is 10.2. The Labute approximate surface area is 112 Å². The van der Waals surface area contributed by atoms with Crippen molar-refractivity contribution in [2.24, 2.45) is 0 Å². The fourth-order valence-corrected chi connectivity index (χ4v) is 1.54. The highest BCUT2D eigenvalue weighted by atomic mass is 19.1. The van der Waals surface area contributed by atoms with Gasteiger partial charge >= 0.3 is 5.69 Å². The Morgan fingerprint density at radius 2 is 2.05 bits per heavy atom. The third kappa shape index (κ3) is 2.48.